The van der Waals surface area contributed by atoms with E-state index in [1.165, 1.54) is 38.5 Å². The molecule has 1 aromatic heterocycles. The van der Waals surface area contributed by atoms with Gasteiger partial charge in [0.15, 0.2) is 0 Å². The van der Waals surface area contributed by atoms with Crippen LogP contribution in [0.15, 0.2) is 16.3 Å². The maximum atomic E-state index is 12.8. The average molecular weight is 401 g/mol. The third kappa shape index (κ3) is 2.80. The summed E-state index contributed by atoms with van der Waals surface area (Å²) >= 11 is 7.09. The monoisotopic (exact) mass is 400 g/mol. The van der Waals surface area contributed by atoms with Crippen LogP contribution in [-0.2, 0) is 10.0 Å². The summed E-state index contributed by atoms with van der Waals surface area (Å²) in [6.45, 7) is 2.98. The zero-order chi connectivity index (χ0) is 17.2. The zero-order valence-electron chi connectivity index (χ0n) is 14.4. The van der Waals surface area contributed by atoms with Crippen molar-refractivity contribution < 1.29 is 8.42 Å². The van der Waals surface area contributed by atoms with Gasteiger partial charge in [-0.3, -0.25) is 4.90 Å². The number of rotatable bonds is 3. The molecule has 0 atom stereocenters. The number of halogens is 1. The second-order valence-corrected chi connectivity index (χ2v) is 12.5. The number of thiophene rings is 1. The summed E-state index contributed by atoms with van der Waals surface area (Å²) in [6, 6.07) is 3.30. The second kappa shape index (κ2) is 5.93. The Morgan fingerprint density at radius 1 is 0.960 bits per heavy atom. The van der Waals surface area contributed by atoms with E-state index in [0.717, 1.165) is 42.2 Å². The van der Waals surface area contributed by atoms with Gasteiger partial charge < -0.3 is 0 Å². The first-order chi connectivity index (χ1) is 11.9. The first-order valence-corrected chi connectivity index (χ1v) is 12.1. The number of hydrogen-bond acceptors (Lipinski definition) is 4. The Balaban J connectivity index is 1.30. The number of sulfonamides is 1. The van der Waals surface area contributed by atoms with Crippen molar-refractivity contribution >= 4 is 33.0 Å². The highest BCUT2D eigenvalue weighted by Crippen LogP contribution is 2.57. The summed E-state index contributed by atoms with van der Waals surface area (Å²) in [6.07, 6.45) is 8.41. The lowest BCUT2D eigenvalue weighted by atomic mass is 9.52. The molecule has 5 fully saturated rings. The van der Waals surface area contributed by atoms with E-state index in [1.54, 1.807) is 16.4 Å². The largest absolute Gasteiger partial charge is 0.295 e. The van der Waals surface area contributed by atoms with Crippen molar-refractivity contribution in [2.45, 2.75) is 48.3 Å². The minimum absolute atomic E-state index is 0.376. The number of hydrogen-bond donors (Lipinski definition) is 0. The lowest BCUT2D eigenvalue weighted by Gasteiger charge is -2.61. The van der Waals surface area contributed by atoms with Gasteiger partial charge in [-0.15, -0.1) is 11.3 Å². The first kappa shape index (κ1) is 17.0. The molecule has 4 nitrogen and oxygen atoms in total. The molecule has 0 N–H and O–H groups in total. The van der Waals surface area contributed by atoms with Crippen LogP contribution in [0.5, 0.6) is 0 Å². The molecule has 138 valence electrons. The smallest absolute Gasteiger partial charge is 0.252 e. The molecular weight excluding hydrogens is 376 g/mol. The molecule has 1 aliphatic heterocycles. The van der Waals surface area contributed by atoms with Crippen molar-refractivity contribution in [2.75, 3.05) is 26.2 Å². The van der Waals surface area contributed by atoms with Gasteiger partial charge in [-0.25, -0.2) is 8.42 Å². The van der Waals surface area contributed by atoms with Crippen LogP contribution in [0.2, 0.25) is 4.34 Å². The fraction of sp³-hybridized carbons (Fsp3) is 0.778. The van der Waals surface area contributed by atoms with Crippen LogP contribution in [0.4, 0.5) is 0 Å². The molecule has 2 heterocycles. The van der Waals surface area contributed by atoms with Crippen LogP contribution in [0.1, 0.15) is 38.5 Å². The van der Waals surface area contributed by atoms with Gasteiger partial charge >= 0.3 is 0 Å². The summed E-state index contributed by atoms with van der Waals surface area (Å²) in [4.78, 5) is 2.66. The predicted molar refractivity (Wildman–Crippen MR) is 101 cm³/mol. The molecule has 4 saturated carbocycles. The van der Waals surface area contributed by atoms with Gasteiger partial charge in [0.25, 0.3) is 10.0 Å². The molecule has 4 aliphatic carbocycles. The zero-order valence-corrected chi connectivity index (χ0v) is 16.8. The standard InChI is InChI=1S/C18H25ClN2O2S2/c19-16-1-2-17(24-16)25(22,23)21-5-3-20(4-6-21)18-10-13-7-14(11-18)9-15(8-13)12-18/h1-2,13-15H,3-12H2. The Kier molecular flexibility index (Phi) is 4.03. The van der Waals surface area contributed by atoms with Gasteiger partial charge in [-0.1, -0.05) is 11.6 Å². The van der Waals surface area contributed by atoms with Crippen molar-refractivity contribution in [1.29, 1.82) is 0 Å². The lowest BCUT2D eigenvalue weighted by molar-refractivity contribution is -0.0964. The van der Waals surface area contributed by atoms with E-state index in [-0.39, 0.29) is 0 Å². The van der Waals surface area contributed by atoms with Gasteiger partial charge in [0.1, 0.15) is 4.21 Å². The highest BCUT2D eigenvalue weighted by molar-refractivity contribution is 7.91. The quantitative estimate of drug-likeness (QED) is 0.777. The molecule has 0 amide bonds. The van der Waals surface area contributed by atoms with Crippen molar-refractivity contribution in [3.63, 3.8) is 0 Å². The highest BCUT2D eigenvalue weighted by atomic mass is 35.5. The van der Waals surface area contributed by atoms with Crippen LogP contribution in [0.3, 0.4) is 0 Å². The van der Waals surface area contributed by atoms with Gasteiger partial charge in [0.2, 0.25) is 0 Å². The van der Waals surface area contributed by atoms with E-state index < -0.39 is 10.0 Å². The van der Waals surface area contributed by atoms with Crippen LogP contribution >= 0.6 is 22.9 Å². The van der Waals surface area contributed by atoms with Crippen LogP contribution in [0, 0.1) is 17.8 Å². The molecule has 5 aliphatic rings. The Morgan fingerprint density at radius 2 is 1.52 bits per heavy atom. The molecule has 4 bridgehead atoms. The van der Waals surface area contributed by atoms with E-state index in [2.05, 4.69) is 4.90 Å². The van der Waals surface area contributed by atoms with E-state index in [4.69, 9.17) is 11.6 Å². The molecule has 1 aromatic rings. The Labute approximate surface area is 159 Å². The average Bonchev–Trinajstić information content (AvgIpc) is 3.01. The van der Waals surface area contributed by atoms with E-state index in [1.807, 2.05) is 0 Å². The molecule has 0 spiro atoms. The lowest BCUT2D eigenvalue weighted by Crippen LogP contribution is -2.64. The molecule has 0 unspecified atom stereocenters. The Morgan fingerprint density at radius 3 is 2.00 bits per heavy atom. The molecule has 25 heavy (non-hydrogen) atoms. The first-order valence-electron chi connectivity index (χ1n) is 9.45. The summed E-state index contributed by atoms with van der Waals surface area (Å²) in [5.74, 6) is 2.80. The molecule has 1 saturated heterocycles. The van der Waals surface area contributed by atoms with Crippen molar-refractivity contribution in [3.8, 4) is 0 Å². The Hall–Kier alpha value is -0.140. The van der Waals surface area contributed by atoms with Gasteiger partial charge in [-0.2, -0.15) is 4.31 Å². The summed E-state index contributed by atoms with van der Waals surface area (Å²) < 4.78 is 28.2. The molecule has 0 aromatic carbocycles. The summed E-state index contributed by atoms with van der Waals surface area (Å²) in [5, 5.41) is 0. The van der Waals surface area contributed by atoms with Crippen molar-refractivity contribution in [2.24, 2.45) is 17.8 Å². The van der Waals surface area contributed by atoms with E-state index in [9.17, 15) is 8.42 Å². The molecule has 6 rings (SSSR count). The fourth-order valence-corrected chi connectivity index (χ4v) is 9.48. The fourth-order valence-electron chi connectivity index (χ4n) is 6.42. The predicted octanol–water partition coefficient (Wildman–Crippen LogP) is 3.68. The van der Waals surface area contributed by atoms with E-state index >= 15 is 0 Å². The highest BCUT2D eigenvalue weighted by Gasteiger charge is 2.53. The molecule has 7 heteroatoms. The third-order valence-electron chi connectivity index (χ3n) is 7.06. The van der Waals surface area contributed by atoms with Crippen LogP contribution < -0.4 is 0 Å². The van der Waals surface area contributed by atoms with Gasteiger partial charge in [0.05, 0.1) is 4.34 Å². The normalized spacial score (nSPS) is 39.2. The third-order valence-corrected chi connectivity index (χ3v) is 10.7. The number of nitrogens with zero attached hydrogens (tertiary/aromatic N) is 2. The van der Waals surface area contributed by atoms with Crippen LogP contribution in [0.25, 0.3) is 0 Å². The summed E-state index contributed by atoms with van der Waals surface area (Å²) in [5.41, 5.74) is 0.386. The van der Waals surface area contributed by atoms with Gasteiger partial charge in [-0.05, 0) is 68.4 Å². The van der Waals surface area contributed by atoms with Crippen molar-refractivity contribution in [1.82, 2.24) is 9.21 Å². The minimum Gasteiger partial charge on any atom is -0.295 e. The molecule has 0 radical (unpaired) electrons. The van der Waals surface area contributed by atoms with Crippen LogP contribution in [-0.4, -0.2) is 49.3 Å². The minimum atomic E-state index is -3.38. The molecular formula is C18H25ClN2O2S2. The van der Waals surface area contributed by atoms with E-state index in [0.29, 0.717) is 27.2 Å². The topological polar surface area (TPSA) is 40.6 Å². The second-order valence-electron chi connectivity index (χ2n) is 8.59. The number of piperazine rings is 1. The SMILES string of the molecule is O=S(=O)(c1ccc(Cl)s1)N1CCN(C23CC4CC(CC(C4)C2)C3)CC1. The maximum Gasteiger partial charge on any atom is 0.252 e. The van der Waals surface area contributed by atoms with Crippen molar-refractivity contribution in [3.05, 3.63) is 16.5 Å². The Bertz CT molecular complexity index is 733. The van der Waals surface area contributed by atoms with Gasteiger partial charge in [0, 0.05) is 31.7 Å². The maximum absolute atomic E-state index is 12.8. The summed E-state index contributed by atoms with van der Waals surface area (Å²) in [7, 11) is -3.38.